The van der Waals surface area contributed by atoms with E-state index in [2.05, 4.69) is 5.32 Å². The first-order valence-electron chi connectivity index (χ1n) is 12.3. The lowest BCUT2D eigenvalue weighted by Crippen LogP contribution is -2.31. The number of anilines is 3. The summed E-state index contributed by atoms with van der Waals surface area (Å²) in [6.07, 6.45) is 4.49. The van der Waals surface area contributed by atoms with Crippen LogP contribution in [-0.2, 0) is 22.4 Å². The molecule has 0 saturated heterocycles. The fourth-order valence-corrected chi connectivity index (χ4v) is 6.54. The third-order valence-corrected chi connectivity index (χ3v) is 8.53. The lowest BCUT2D eigenvalue weighted by molar-refractivity contribution is -0.115. The molecule has 1 aromatic heterocycles. The van der Waals surface area contributed by atoms with Crippen LogP contribution in [0.15, 0.2) is 59.9 Å². The summed E-state index contributed by atoms with van der Waals surface area (Å²) < 4.78 is -0.677. The first-order valence-corrected chi connectivity index (χ1v) is 14.4. The van der Waals surface area contributed by atoms with Gasteiger partial charge in [-0.25, -0.2) is 4.98 Å². The van der Waals surface area contributed by atoms with Gasteiger partial charge < -0.3 is 15.1 Å². The standard InChI is InChI=1S/C29H20I2N5O4/c1-35-17-8-6-16(12-14(17)3-9-19(35)28(32)39)23-24-22(26(30)37)21(25(33-23)27(31)38)15-5-7-18-13(11-15)4-10-20(36(18)2)29(40)34-24/h5-12,32H,3-4H2,1-2H3,(H,34,40). The molecule has 40 heavy (non-hydrogen) atoms. The molecule has 2 aromatic carbocycles. The highest BCUT2D eigenvalue weighted by Crippen LogP contribution is 2.44. The zero-order valence-electron chi connectivity index (χ0n) is 21.3. The number of halogens is 2. The Balaban J connectivity index is 1.65. The van der Waals surface area contributed by atoms with Gasteiger partial charge in [0.25, 0.3) is 11.8 Å². The minimum absolute atomic E-state index is 0.129. The zero-order chi connectivity index (χ0) is 28.5. The number of carbonyl (C=O) groups excluding carboxylic acids is 4. The van der Waals surface area contributed by atoms with Crippen molar-refractivity contribution in [3.05, 3.63) is 82.3 Å². The molecule has 1 radical (unpaired) electrons. The lowest BCUT2D eigenvalue weighted by Gasteiger charge is -2.28. The Hall–Kier alpha value is -3.59. The van der Waals surface area contributed by atoms with Gasteiger partial charge >= 0.3 is 0 Å². The predicted octanol–water partition coefficient (Wildman–Crippen LogP) is 5.08. The van der Waals surface area contributed by atoms with Gasteiger partial charge in [-0.3, -0.25) is 24.9 Å². The van der Waals surface area contributed by atoms with E-state index in [4.69, 9.17) is 10.7 Å². The zero-order valence-corrected chi connectivity index (χ0v) is 25.6. The Morgan fingerprint density at radius 2 is 1.52 bits per heavy atom. The number of benzene rings is 2. The summed E-state index contributed by atoms with van der Waals surface area (Å²) >= 11 is 3.38. The van der Waals surface area contributed by atoms with E-state index in [1.165, 1.54) is 0 Å². The van der Waals surface area contributed by atoms with Crippen LogP contribution < -0.4 is 20.9 Å². The summed E-state index contributed by atoms with van der Waals surface area (Å²) in [5, 5.41) is 2.98. The fourth-order valence-electron chi connectivity index (χ4n) is 5.61. The van der Waals surface area contributed by atoms with Crippen molar-refractivity contribution in [1.82, 2.24) is 10.7 Å². The fraction of sp³-hybridized carbons (Fsp3) is 0.138. The average Bonchev–Trinajstić information content (AvgIpc) is 2.94. The number of fused-ring (bicyclic) bond motifs is 3. The molecule has 0 spiro atoms. The summed E-state index contributed by atoms with van der Waals surface area (Å²) in [7, 11) is 3.55. The first kappa shape index (κ1) is 26.6. The van der Waals surface area contributed by atoms with E-state index in [-0.39, 0.29) is 30.2 Å². The Bertz CT molecular complexity index is 1780. The van der Waals surface area contributed by atoms with Crippen LogP contribution in [0.5, 0.6) is 0 Å². The molecule has 2 amide bonds. The van der Waals surface area contributed by atoms with E-state index in [0.29, 0.717) is 40.9 Å². The normalized spacial score (nSPS) is 15.2. The number of amides is 2. The average molecular weight is 756 g/mol. The molecular formula is C29H20I2N5O4. The molecule has 0 atom stereocenters. The van der Waals surface area contributed by atoms with Crippen molar-refractivity contribution in [2.75, 3.05) is 29.2 Å². The maximum atomic E-state index is 13.7. The molecule has 5 aliphatic heterocycles. The number of nitrogens with zero attached hydrogens (tertiary/aromatic N) is 3. The second-order valence-electron chi connectivity index (χ2n) is 9.66. The van der Waals surface area contributed by atoms with Crippen LogP contribution in [-0.4, -0.2) is 38.5 Å². The predicted molar refractivity (Wildman–Crippen MR) is 169 cm³/mol. The van der Waals surface area contributed by atoms with Crippen molar-refractivity contribution < 1.29 is 19.2 Å². The van der Waals surface area contributed by atoms with E-state index in [1.54, 1.807) is 69.3 Å². The molecule has 0 aliphatic carbocycles. The molecule has 11 heteroatoms. The first-order chi connectivity index (χ1) is 19.1. The van der Waals surface area contributed by atoms with Gasteiger partial charge in [-0.2, -0.15) is 0 Å². The smallest absolute Gasteiger partial charge is 0.285 e. The van der Waals surface area contributed by atoms with Gasteiger partial charge in [-0.1, -0.05) is 24.3 Å². The van der Waals surface area contributed by atoms with E-state index in [1.807, 2.05) is 48.4 Å². The van der Waals surface area contributed by atoms with Crippen LogP contribution in [0.3, 0.4) is 0 Å². The van der Waals surface area contributed by atoms with Crippen molar-refractivity contribution in [2.45, 2.75) is 12.8 Å². The molecule has 0 fully saturated rings. The van der Waals surface area contributed by atoms with Gasteiger partial charge in [0, 0.05) is 81.8 Å². The van der Waals surface area contributed by atoms with Crippen LogP contribution >= 0.6 is 45.2 Å². The molecular weight excluding hydrogens is 736 g/mol. The highest BCUT2D eigenvalue weighted by Gasteiger charge is 2.33. The van der Waals surface area contributed by atoms with Gasteiger partial charge in [0.05, 0.1) is 16.9 Å². The lowest BCUT2D eigenvalue weighted by atomic mass is 9.91. The third kappa shape index (κ3) is 4.13. The summed E-state index contributed by atoms with van der Waals surface area (Å²) in [5.74, 6) is -1.16. The summed E-state index contributed by atoms with van der Waals surface area (Å²) in [6.45, 7) is 0. The van der Waals surface area contributed by atoms with Crippen LogP contribution in [0.2, 0.25) is 0 Å². The molecule has 8 rings (SSSR count). The molecule has 9 nitrogen and oxygen atoms in total. The number of allylic oxidation sites excluding steroid dienone is 2. The number of aromatic nitrogens is 1. The van der Waals surface area contributed by atoms with Gasteiger partial charge in [0.1, 0.15) is 17.1 Å². The monoisotopic (exact) mass is 756 g/mol. The third-order valence-electron chi connectivity index (χ3n) is 7.48. The van der Waals surface area contributed by atoms with E-state index < -0.39 is 11.8 Å². The van der Waals surface area contributed by atoms with Gasteiger partial charge in [-0.05, 0) is 53.8 Å². The van der Waals surface area contributed by atoms with Crippen LogP contribution in [0, 0.1) is 0 Å². The maximum absolute atomic E-state index is 13.7. The van der Waals surface area contributed by atoms with Gasteiger partial charge in [-0.15, -0.1) is 0 Å². The number of rotatable bonds is 4. The molecule has 3 aromatic rings. The van der Waals surface area contributed by atoms with Crippen LogP contribution in [0.25, 0.3) is 22.4 Å². The minimum atomic E-state index is -0.769. The molecule has 2 N–H and O–H groups in total. The van der Waals surface area contributed by atoms with Crippen molar-refractivity contribution in [3.8, 4) is 22.4 Å². The molecule has 5 aliphatic rings. The minimum Gasteiger partial charge on any atom is -0.340 e. The molecule has 0 unspecified atom stereocenters. The maximum Gasteiger partial charge on any atom is 0.285 e. The largest absolute Gasteiger partial charge is 0.340 e. The number of pyridine rings is 1. The van der Waals surface area contributed by atoms with E-state index in [0.717, 1.165) is 22.5 Å². The molecule has 6 bridgehead atoms. The number of carbonyl (C=O) groups is 4. The number of hydrogen-bond donors (Lipinski definition) is 1. The second kappa shape index (κ2) is 9.80. The summed E-state index contributed by atoms with van der Waals surface area (Å²) in [6, 6.07) is 11.2. The Kier molecular flexibility index (Phi) is 6.52. The van der Waals surface area contributed by atoms with Crippen molar-refractivity contribution >= 4 is 81.6 Å². The number of likely N-dealkylation sites (N-methyl/N-ethyl adjacent to an activating group) is 2. The second-order valence-corrected chi connectivity index (χ2v) is 11.6. The van der Waals surface area contributed by atoms with Crippen molar-refractivity contribution in [2.24, 2.45) is 0 Å². The Morgan fingerprint density at radius 1 is 0.900 bits per heavy atom. The van der Waals surface area contributed by atoms with Gasteiger partial charge in [0.2, 0.25) is 7.58 Å². The van der Waals surface area contributed by atoms with Gasteiger partial charge in [0.15, 0.2) is 0 Å². The number of nitrogens with one attached hydrogen (secondary N) is 2. The highest BCUT2D eigenvalue weighted by molar-refractivity contribution is 14.1. The van der Waals surface area contributed by atoms with Crippen LogP contribution in [0.1, 0.15) is 32.0 Å². The van der Waals surface area contributed by atoms with Crippen LogP contribution in [0.4, 0.5) is 17.1 Å². The molecule has 199 valence electrons. The number of hydrogen-bond acceptors (Lipinski definition) is 7. The Morgan fingerprint density at radius 3 is 2.17 bits per heavy atom. The van der Waals surface area contributed by atoms with E-state index >= 15 is 0 Å². The summed E-state index contributed by atoms with van der Waals surface area (Å²) in [4.78, 5) is 60.1. The Labute approximate surface area is 256 Å². The van der Waals surface area contributed by atoms with E-state index in [9.17, 15) is 19.2 Å². The molecule has 6 heterocycles. The summed E-state index contributed by atoms with van der Waals surface area (Å²) in [5.41, 5.74) is 14.3. The SMILES string of the molecule is CN1C(C([NH])=O)=CCc2cc(-c3nc(C(=O)I)c4c(C(=O)I)c3NC(=O)C3=CCc5cc-4ccc5N3C)ccc21. The highest BCUT2D eigenvalue weighted by atomic mass is 127. The van der Waals surface area contributed by atoms with Crippen molar-refractivity contribution in [1.29, 1.82) is 0 Å². The van der Waals surface area contributed by atoms with Crippen molar-refractivity contribution in [3.63, 3.8) is 0 Å². The topological polar surface area (TPSA) is 123 Å². The molecule has 0 saturated carbocycles. The quantitative estimate of drug-likeness (QED) is 0.291.